The number of benzene rings is 1. The zero-order valence-corrected chi connectivity index (χ0v) is 14.1. The second-order valence-electron chi connectivity index (χ2n) is 4.94. The Morgan fingerprint density at radius 3 is 2.54 bits per heavy atom. The number of pyridine rings is 1. The number of carbonyl (C=O) groups is 2. The number of nitrogens with zero attached hydrogens (tertiary/aromatic N) is 2. The highest BCUT2D eigenvalue weighted by atomic mass is 35.5. The number of hydrogen-bond donors (Lipinski definition) is 2. The smallest absolute Gasteiger partial charge is 0.356 e. The van der Waals surface area contributed by atoms with Crippen molar-refractivity contribution in [2.45, 2.75) is 6.92 Å². The van der Waals surface area contributed by atoms with Crippen LogP contribution < -0.4 is 10.1 Å². The minimum Gasteiger partial charge on any atom is -0.492 e. The maximum atomic E-state index is 14.7. The minimum atomic E-state index is -1.56. The van der Waals surface area contributed by atoms with E-state index in [-0.39, 0.29) is 11.3 Å². The number of ether oxygens (including phenoxy) is 1. The van der Waals surface area contributed by atoms with Crippen LogP contribution in [0.3, 0.4) is 0 Å². The van der Waals surface area contributed by atoms with Crippen molar-refractivity contribution in [2.75, 3.05) is 12.4 Å². The highest BCUT2D eigenvalue weighted by Gasteiger charge is 2.25. The van der Waals surface area contributed by atoms with Crippen molar-refractivity contribution in [2.24, 2.45) is 0 Å². The zero-order chi connectivity index (χ0) is 19.6. The van der Waals surface area contributed by atoms with Crippen molar-refractivity contribution in [3.63, 3.8) is 0 Å². The van der Waals surface area contributed by atoms with Crippen LogP contribution in [0.4, 0.5) is 14.5 Å². The van der Waals surface area contributed by atoms with Crippen molar-refractivity contribution in [3.8, 4) is 23.1 Å². The van der Waals surface area contributed by atoms with Gasteiger partial charge in [0.05, 0.1) is 34.6 Å². The molecule has 1 aromatic heterocycles. The first-order valence-electron chi connectivity index (χ1n) is 6.89. The number of methoxy groups -OCH3 is 1. The zero-order valence-electron chi connectivity index (χ0n) is 13.4. The summed E-state index contributed by atoms with van der Waals surface area (Å²) in [4.78, 5) is 26.3. The van der Waals surface area contributed by atoms with E-state index < -0.39 is 51.2 Å². The summed E-state index contributed by atoms with van der Waals surface area (Å²) in [7, 11) is 1.08. The van der Waals surface area contributed by atoms with E-state index in [1.807, 2.05) is 0 Å². The van der Waals surface area contributed by atoms with E-state index in [0.29, 0.717) is 0 Å². The molecule has 2 N–H and O–H groups in total. The number of halogens is 3. The van der Waals surface area contributed by atoms with Gasteiger partial charge in [0.2, 0.25) is 5.91 Å². The van der Waals surface area contributed by atoms with Crippen molar-refractivity contribution in [1.29, 1.82) is 5.26 Å². The Balaban J connectivity index is 2.84. The largest absolute Gasteiger partial charge is 0.492 e. The van der Waals surface area contributed by atoms with Crippen LogP contribution in [0.2, 0.25) is 5.02 Å². The normalized spacial score (nSPS) is 10.2. The van der Waals surface area contributed by atoms with Gasteiger partial charge in [-0.25, -0.2) is 18.6 Å². The molecule has 0 spiro atoms. The Morgan fingerprint density at radius 2 is 2.04 bits per heavy atom. The van der Waals surface area contributed by atoms with Gasteiger partial charge in [-0.3, -0.25) is 4.79 Å². The quantitative estimate of drug-likeness (QED) is 0.840. The number of carbonyl (C=O) groups excluding carboxylic acids is 1. The maximum Gasteiger partial charge on any atom is 0.356 e. The van der Waals surface area contributed by atoms with E-state index in [2.05, 4.69) is 10.3 Å². The average molecular weight is 382 g/mol. The van der Waals surface area contributed by atoms with Crippen molar-refractivity contribution in [1.82, 2.24) is 4.98 Å². The molecule has 0 aliphatic rings. The molecule has 7 nitrogen and oxygen atoms in total. The Morgan fingerprint density at radius 1 is 1.38 bits per heavy atom. The predicted octanol–water partition coefficient (Wildman–Crippen LogP) is 3.22. The summed E-state index contributed by atoms with van der Waals surface area (Å²) in [6.07, 6.45) is 0. The Labute approximate surface area is 150 Å². The van der Waals surface area contributed by atoms with Gasteiger partial charge in [-0.15, -0.1) is 0 Å². The second kappa shape index (κ2) is 7.33. The Kier molecular flexibility index (Phi) is 5.38. The molecule has 134 valence electrons. The van der Waals surface area contributed by atoms with Crippen molar-refractivity contribution < 1.29 is 28.2 Å². The molecule has 1 amide bonds. The van der Waals surface area contributed by atoms with E-state index in [9.17, 15) is 23.5 Å². The first kappa shape index (κ1) is 19.1. The molecular formula is C16H10ClF2N3O4. The molecule has 0 aliphatic carbocycles. The molecule has 0 radical (unpaired) electrons. The number of carboxylic acid groups (broad SMARTS) is 1. The lowest BCUT2D eigenvalue weighted by Gasteiger charge is -2.13. The molecule has 0 saturated carbocycles. The average Bonchev–Trinajstić information content (AvgIpc) is 2.56. The molecule has 0 atom stereocenters. The number of carboxylic acids is 1. The minimum absolute atomic E-state index is 0.191. The van der Waals surface area contributed by atoms with E-state index in [1.54, 1.807) is 6.07 Å². The number of nitrogens with one attached hydrogen (secondary N) is 1. The molecule has 2 aromatic rings. The lowest BCUT2D eigenvalue weighted by molar-refractivity contribution is -0.114. The highest BCUT2D eigenvalue weighted by Crippen LogP contribution is 2.37. The molecule has 0 aliphatic heterocycles. The van der Waals surface area contributed by atoms with Crippen LogP contribution in [-0.4, -0.2) is 29.1 Å². The molecule has 10 heteroatoms. The maximum absolute atomic E-state index is 14.7. The first-order chi connectivity index (χ1) is 12.2. The van der Waals surface area contributed by atoms with Crippen molar-refractivity contribution in [3.05, 3.63) is 40.0 Å². The molecule has 0 bridgehead atoms. The van der Waals surface area contributed by atoms with Crippen molar-refractivity contribution >= 4 is 29.2 Å². The number of nitriles is 1. The number of aromatic nitrogens is 1. The van der Waals surface area contributed by atoms with E-state index in [4.69, 9.17) is 21.6 Å². The summed E-state index contributed by atoms with van der Waals surface area (Å²) in [5.74, 6) is -5.09. The summed E-state index contributed by atoms with van der Waals surface area (Å²) >= 11 is 5.88. The predicted molar refractivity (Wildman–Crippen MR) is 87.1 cm³/mol. The van der Waals surface area contributed by atoms with Gasteiger partial charge >= 0.3 is 5.97 Å². The van der Waals surface area contributed by atoms with E-state index in [0.717, 1.165) is 26.2 Å². The molecule has 1 heterocycles. The first-order valence-corrected chi connectivity index (χ1v) is 7.26. The monoisotopic (exact) mass is 381 g/mol. The molecule has 0 unspecified atom stereocenters. The highest BCUT2D eigenvalue weighted by molar-refractivity contribution is 6.36. The lowest BCUT2D eigenvalue weighted by Crippen LogP contribution is -2.11. The second-order valence-corrected chi connectivity index (χ2v) is 5.32. The Hall–Kier alpha value is -3.25. The number of anilines is 1. The summed E-state index contributed by atoms with van der Waals surface area (Å²) in [5, 5.41) is 20.0. The lowest BCUT2D eigenvalue weighted by atomic mass is 10.0. The fourth-order valence-corrected chi connectivity index (χ4v) is 2.42. The standard InChI is InChI=1S/C16H10ClF2N3O4/c1-6(23)21-10-4-9(22-14(12(10)17)16(24)25)11-8(18)3-7(5-20)15(26-2)13(11)19/h3-4H,1-2H3,(H,24,25)(H,21,22,23). The number of hydrogen-bond acceptors (Lipinski definition) is 5. The molecule has 26 heavy (non-hydrogen) atoms. The van der Waals surface area contributed by atoms with Gasteiger partial charge in [-0.05, 0) is 12.1 Å². The van der Waals surface area contributed by atoms with Gasteiger partial charge in [-0.1, -0.05) is 11.6 Å². The third kappa shape index (κ3) is 3.41. The van der Waals surface area contributed by atoms with Gasteiger partial charge in [0.1, 0.15) is 11.9 Å². The number of rotatable bonds is 4. The van der Waals surface area contributed by atoms with Gasteiger partial charge in [0.15, 0.2) is 17.3 Å². The summed E-state index contributed by atoms with van der Waals surface area (Å²) in [6.45, 7) is 1.14. The summed E-state index contributed by atoms with van der Waals surface area (Å²) in [6, 6.07) is 3.33. The molecule has 0 fully saturated rings. The number of aromatic carboxylic acids is 1. The van der Waals surface area contributed by atoms with Crippen LogP contribution >= 0.6 is 11.6 Å². The molecular weight excluding hydrogens is 372 g/mol. The summed E-state index contributed by atoms with van der Waals surface area (Å²) in [5.41, 5.74) is -2.47. The molecule has 1 aromatic carbocycles. The topological polar surface area (TPSA) is 112 Å². The van der Waals surface area contributed by atoms with E-state index >= 15 is 0 Å². The van der Waals surface area contributed by atoms with Crippen LogP contribution in [-0.2, 0) is 4.79 Å². The molecule has 2 rings (SSSR count). The molecule has 0 saturated heterocycles. The third-order valence-electron chi connectivity index (χ3n) is 3.23. The summed E-state index contributed by atoms with van der Waals surface area (Å²) < 4.78 is 33.8. The van der Waals surface area contributed by atoms with Crippen LogP contribution in [0.5, 0.6) is 5.75 Å². The van der Waals surface area contributed by atoms with Crippen LogP contribution in [0, 0.1) is 23.0 Å². The Bertz CT molecular complexity index is 973. The van der Waals surface area contributed by atoms with Gasteiger partial charge in [-0.2, -0.15) is 5.26 Å². The van der Waals surface area contributed by atoms with Gasteiger partial charge in [0.25, 0.3) is 0 Å². The van der Waals surface area contributed by atoms with Gasteiger partial charge < -0.3 is 15.2 Å². The fraction of sp³-hybridized carbons (Fsp3) is 0.125. The fourth-order valence-electron chi connectivity index (χ4n) is 2.20. The van der Waals surface area contributed by atoms with Crippen LogP contribution in [0.25, 0.3) is 11.3 Å². The SMILES string of the molecule is COc1c(C#N)cc(F)c(-c2cc(NC(C)=O)c(Cl)c(C(=O)O)n2)c1F. The van der Waals surface area contributed by atoms with Crippen LogP contribution in [0.1, 0.15) is 23.0 Å². The third-order valence-corrected chi connectivity index (χ3v) is 3.61. The van der Waals surface area contributed by atoms with Crippen LogP contribution in [0.15, 0.2) is 12.1 Å². The number of amides is 1. The van der Waals surface area contributed by atoms with E-state index in [1.165, 1.54) is 0 Å². The van der Waals surface area contributed by atoms with Gasteiger partial charge in [0, 0.05) is 6.92 Å².